The first-order chi connectivity index (χ1) is 10.6. The van der Waals surface area contributed by atoms with Crippen LogP contribution in [0.25, 0.3) is 0 Å². The van der Waals surface area contributed by atoms with E-state index in [0.29, 0.717) is 6.42 Å². The molecule has 3 rings (SSSR count). The Labute approximate surface area is 130 Å². The SMILES string of the molecule is Cc1cnn(C2CCCN(C(=O)Cc3ccc(N)cc3)C2)c1. The van der Waals surface area contributed by atoms with E-state index in [1.165, 1.54) is 0 Å². The summed E-state index contributed by atoms with van der Waals surface area (Å²) < 4.78 is 2.00. The van der Waals surface area contributed by atoms with Gasteiger partial charge in [-0.2, -0.15) is 5.10 Å². The number of nitrogens with zero attached hydrogens (tertiary/aromatic N) is 3. The summed E-state index contributed by atoms with van der Waals surface area (Å²) in [6.45, 7) is 3.62. The first kappa shape index (κ1) is 14.6. The second-order valence-electron chi connectivity index (χ2n) is 6.05. The minimum absolute atomic E-state index is 0.179. The van der Waals surface area contributed by atoms with Gasteiger partial charge in [0.15, 0.2) is 0 Å². The standard InChI is InChI=1S/C17H22N4O/c1-13-10-19-21(11-13)16-3-2-8-20(12-16)17(22)9-14-4-6-15(18)7-5-14/h4-7,10-11,16H,2-3,8-9,12,18H2,1H3. The molecule has 116 valence electrons. The maximum atomic E-state index is 12.5. The Morgan fingerprint density at radius 1 is 1.36 bits per heavy atom. The smallest absolute Gasteiger partial charge is 0.227 e. The van der Waals surface area contributed by atoms with Gasteiger partial charge in [0.2, 0.25) is 5.91 Å². The summed E-state index contributed by atoms with van der Waals surface area (Å²) in [7, 11) is 0. The van der Waals surface area contributed by atoms with Crippen LogP contribution in [0, 0.1) is 6.92 Å². The fourth-order valence-electron chi connectivity index (χ4n) is 2.95. The highest BCUT2D eigenvalue weighted by Gasteiger charge is 2.25. The van der Waals surface area contributed by atoms with Crippen molar-refractivity contribution in [3.63, 3.8) is 0 Å². The van der Waals surface area contributed by atoms with Crippen LogP contribution in [0.15, 0.2) is 36.7 Å². The Balaban J connectivity index is 1.63. The average molecular weight is 298 g/mol. The Morgan fingerprint density at radius 3 is 2.82 bits per heavy atom. The molecule has 2 aromatic rings. The molecule has 1 amide bonds. The van der Waals surface area contributed by atoms with Gasteiger partial charge >= 0.3 is 0 Å². The summed E-state index contributed by atoms with van der Waals surface area (Å²) in [5, 5.41) is 4.39. The third-order valence-electron chi connectivity index (χ3n) is 4.19. The number of hydrogen-bond acceptors (Lipinski definition) is 3. The van der Waals surface area contributed by atoms with Gasteiger partial charge in [-0.25, -0.2) is 0 Å². The molecule has 1 saturated heterocycles. The van der Waals surface area contributed by atoms with Crippen molar-refractivity contribution in [2.45, 2.75) is 32.2 Å². The number of benzene rings is 1. The van der Waals surface area contributed by atoms with Crippen LogP contribution in [0.1, 0.15) is 30.0 Å². The van der Waals surface area contributed by atoms with Gasteiger partial charge in [-0.3, -0.25) is 9.48 Å². The zero-order valence-corrected chi connectivity index (χ0v) is 12.9. The molecule has 1 aromatic heterocycles. The first-order valence-corrected chi connectivity index (χ1v) is 7.75. The maximum absolute atomic E-state index is 12.5. The van der Waals surface area contributed by atoms with Crippen molar-refractivity contribution < 1.29 is 4.79 Å². The molecular formula is C17H22N4O. The van der Waals surface area contributed by atoms with Crippen molar-refractivity contribution in [2.75, 3.05) is 18.8 Å². The number of anilines is 1. The fraction of sp³-hybridized carbons (Fsp3) is 0.412. The van der Waals surface area contributed by atoms with Crippen molar-refractivity contribution in [1.82, 2.24) is 14.7 Å². The summed E-state index contributed by atoms with van der Waals surface area (Å²) >= 11 is 0. The molecule has 1 aliphatic heterocycles. The number of nitrogen functional groups attached to an aromatic ring is 1. The van der Waals surface area contributed by atoms with E-state index in [0.717, 1.165) is 42.7 Å². The number of rotatable bonds is 3. The van der Waals surface area contributed by atoms with Crippen molar-refractivity contribution >= 4 is 11.6 Å². The first-order valence-electron chi connectivity index (χ1n) is 7.75. The largest absolute Gasteiger partial charge is 0.399 e. The molecule has 22 heavy (non-hydrogen) atoms. The minimum atomic E-state index is 0.179. The van der Waals surface area contributed by atoms with Crippen LogP contribution >= 0.6 is 0 Å². The topological polar surface area (TPSA) is 64.2 Å². The number of carbonyl (C=O) groups is 1. The molecule has 1 aromatic carbocycles. The molecule has 1 fully saturated rings. The van der Waals surface area contributed by atoms with Crippen LogP contribution in [0.4, 0.5) is 5.69 Å². The van der Waals surface area contributed by atoms with E-state index in [4.69, 9.17) is 5.73 Å². The van der Waals surface area contributed by atoms with Crippen molar-refractivity contribution in [3.05, 3.63) is 47.8 Å². The number of aryl methyl sites for hydroxylation is 1. The number of amides is 1. The molecule has 1 atom stereocenters. The molecule has 0 saturated carbocycles. The van der Waals surface area contributed by atoms with Crippen LogP contribution < -0.4 is 5.73 Å². The van der Waals surface area contributed by atoms with Gasteiger partial charge in [0.25, 0.3) is 0 Å². The Kier molecular flexibility index (Phi) is 4.13. The third kappa shape index (κ3) is 3.30. The lowest BCUT2D eigenvalue weighted by Crippen LogP contribution is -2.41. The van der Waals surface area contributed by atoms with Gasteiger partial charge in [-0.15, -0.1) is 0 Å². The molecule has 2 heterocycles. The summed E-state index contributed by atoms with van der Waals surface area (Å²) in [6.07, 6.45) is 6.46. The number of aromatic nitrogens is 2. The van der Waals surface area contributed by atoms with E-state index >= 15 is 0 Å². The van der Waals surface area contributed by atoms with E-state index in [-0.39, 0.29) is 11.9 Å². The summed E-state index contributed by atoms with van der Waals surface area (Å²) in [4.78, 5) is 14.5. The summed E-state index contributed by atoms with van der Waals surface area (Å²) in [5.41, 5.74) is 8.57. The van der Waals surface area contributed by atoms with Gasteiger partial charge < -0.3 is 10.6 Å². The van der Waals surface area contributed by atoms with E-state index in [1.807, 2.05) is 47.0 Å². The van der Waals surface area contributed by atoms with Crippen LogP contribution in [0.2, 0.25) is 0 Å². The van der Waals surface area contributed by atoms with Crippen LogP contribution in [0.3, 0.4) is 0 Å². The van der Waals surface area contributed by atoms with Gasteiger partial charge in [-0.05, 0) is 43.0 Å². The van der Waals surface area contributed by atoms with Crippen LogP contribution in [-0.4, -0.2) is 33.7 Å². The Bertz CT molecular complexity index is 647. The van der Waals surface area contributed by atoms with Gasteiger partial charge in [0.1, 0.15) is 0 Å². The number of carbonyl (C=O) groups excluding carboxylic acids is 1. The Hall–Kier alpha value is -2.30. The lowest BCUT2D eigenvalue weighted by Gasteiger charge is -2.33. The predicted molar refractivity (Wildman–Crippen MR) is 86.4 cm³/mol. The van der Waals surface area contributed by atoms with Gasteiger partial charge in [-0.1, -0.05) is 12.1 Å². The molecule has 0 aliphatic carbocycles. The number of likely N-dealkylation sites (tertiary alicyclic amines) is 1. The normalized spacial score (nSPS) is 18.4. The molecule has 0 spiro atoms. The zero-order chi connectivity index (χ0) is 15.5. The third-order valence-corrected chi connectivity index (χ3v) is 4.19. The molecule has 1 aliphatic rings. The highest BCUT2D eigenvalue weighted by atomic mass is 16.2. The summed E-state index contributed by atoms with van der Waals surface area (Å²) in [6, 6.07) is 7.82. The Morgan fingerprint density at radius 2 is 2.14 bits per heavy atom. The monoisotopic (exact) mass is 298 g/mol. The number of piperidine rings is 1. The molecule has 0 radical (unpaired) electrons. The average Bonchev–Trinajstić information content (AvgIpc) is 2.96. The van der Waals surface area contributed by atoms with E-state index < -0.39 is 0 Å². The lowest BCUT2D eigenvalue weighted by atomic mass is 10.0. The number of nitrogens with two attached hydrogens (primary N) is 1. The molecule has 2 N–H and O–H groups in total. The molecule has 5 heteroatoms. The van der Waals surface area contributed by atoms with Gasteiger partial charge in [0.05, 0.1) is 18.7 Å². The minimum Gasteiger partial charge on any atom is -0.399 e. The van der Waals surface area contributed by atoms with E-state index in [9.17, 15) is 4.79 Å². The van der Waals surface area contributed by atoms with E-state index in [1.54, 1.807) is 0 Å². The molecule has 0 bridgehead atoms. The maximum Gasteiger partial charge on any atom is 0.227 e. The molecular weight excluding hydrogens is 276 g/mol. The van der Waals surface area contributed by atoms with Crippen LogP contribution in [-0.2, 0) is 11.2 Å². The van der Waals surface area contributed by atoms with Crippen molar-refractivity contribution in [1.29, 1.82) is 0 Å². The second kappa shape index (κ2) is 6.22. The molecule has 5 nitrogen and oxygen atoms in total. The highest BCUT2D eigenvalue weighted by molar-refractivity contribution is 5.79. The summed E-state index contributed by atoms with van der Waals surface area (Å²) in [5.74, 6) is 0.179. The van der Waals surface area contributed by atoms with E-state index in [2.05, 4.69) is 11.3 Å². The van der Waals surface area contributed by atoms with Gasteiger partial charge in [0, 0.05) is 25.0 Å². The van der Waals surface area contributed by atoms with Crippen molar-refractivity contribution in [2.24, 2.45) is 0 Å². The van der Waals surface area contributed by atoms with Crippen molar-refractivity contribution in [3.8, 4) is 0 Å². The lowest BCUT2D eigenvalue weighted by molar-refractivity contribution is -0.132. The highest BCUT2D eigenvalue weighted by Crippen LogP contribution is 2.22. The second-order valence-corrected chi connectivity index (χ2v) is 6.05. The zero-order valence-electron chi connectivity index (χ0n) is 12.9. The quantitative estimate of drug-likeness (QED) is 0.883. The fourth-order valence-corrected chi connectivity index (χ4v) is 2.95. The molecule has 1 unspecified atom stereocenters. The predicted octanol–water partition coefficient (Wildman–Crippen LogP) is 2.18. The van der Waals surface area contributed by atoms with Crippen LogP contribution in [0.5, 0.6) is 0 Å². The number of hydrogen-bond donors (Lipinski definition) is 1.